The lowest BCUT2D eigenvalue weighted by Crippen LogP contribution is -2.09. The lowest BCUT2D eigenvalue weighted by atomic mass is 10.1. The maximum absolute atomic E-state index is 13.2. The van der Waals surface area contributed by atoms with E-state index in [-0.39, 0.29) is 24.2 Å². The normalized spacial score (nSPS) is 10.5. The van der Waals surface area contributed by atoms with Crippen molar-refractivity contribution in [1.29, 1.82) is 0 Å². The van der Waals surface area contributed by atoms with Crippen LogP contribution in [-0.2, 0) is 16.0 Å². The van der Waals surface area contributed by atoms with Crippen LogP contribution in [-0.4, -0.2) is 19.0 Å². The van der Waals surface area contributed by atoms with Gasteiger partial charge in [-0.3, -0.25) is 4.79 Å². The van der Waals surface area contributed by atoms with E-state index in [0.717, 1.165) is 12.5 Å². The molecule has 0 spiro atoms. The molecule has 0 N–H and O–H groups in total. The molecule has 0 saturated heterocycles. The van der Waals surface area contributed by atoms with E-state index >= 15 is 0 Å². The summed E-state index contributed by atoms with van der Waals surface area (Å²) in [6.45, 7) is 2.93. The highest BCUT2D eigenvalue weighted by atomic mass is 19.2. The lowest BCUT2D eigenvalue weighted by Gasteiger charge is -2.04. The molecule has 0 saturated carbocycles. The molecule has 1 rings (SSSR count). The smallest absolute Gasteiger partial charge is 0.162 e. The van der Waals surface area contributed by atoms with E-state index < -0.39 is 11.6 Å². The van der Waals surface area contributed by atoms with Gasteiger partial charge in [-0.2, -0.15) is 0 Å². The van der Waals surface area contributed by atoms with Gasteiger partial charge in [0, 0.05) is 19.4 Å². The number of Topliss-reactive ketones (excluding diaryl/α,β-unsaturated/α-hetero) is 1. The first-order valence-corrected chi connectivity index (χ1v) is 5.67. The fourth-order valence-electron chi connectivity index (χ4n) is 1.42. The van der Waals surface area contributed by atoms with Crippen LogP contribution in [0.5, 0.6) is 0 Å². The molecule has 0 aliphatic heterocycles. The summed E-state index contributed by atoms with van der Waals surface area (Å²) in [7, 11) is 0. The zero-order valence-corrected chi connectivity index (χ0v) is 9.84. The van der Waals surface area contributed by atoms with Gasteiger partial charge < -0.3 is 4.74 Å². The third kappa shape index (κ3) is 4.61. The largest absolute Gasteiger partial charge is 0.381 e. The predicted octanol–water partition coefficient (Wildman–Crippen LogP) is 2.89. The Morgan fingerprint density at radius 2 is 2.06 bits per heavy atom. The van der Waals surface area contributed by atoms with E-state index in [1.54, 1.807) is 0 Å². The van der Waals surface area contributed by atoms with E-state index in [1.807, 2.05) is 6.92 Å². The predicted molar refractivity (Wildman–Crippen MR) is 60.8 cm³/mol. The molecule has 0 fully saturated rings. The van der Waals surface area contributed by atoms with Crippen LogP contribution in [0.2, 0.25) is 0 Å². The van der Waals surface area contributed by atoms with Crippen molar-refractivity contribution in [1.82, 2.24) is 0 Å². The topological polar surface area (TPSA) is 26.3 Å². The maximum atomic E-state index is 13.2. The first-order chi connectivity index (χ1) is 8.15. The number of rotatable bonds is 7. The van der Waals surface area contributed by atoms with Gasteiger partial charge in [0.05, 0.1) is 6.61 Å². The van der Waals surface area contributed by atoms with Crippen molar-refractivity contribution < 1.29 is 18.3 Å². The van der Waals surface area contributed by atoms with Gasteiger partial charge >= 0.3 is 0 Å². The number of hydrogen-bond donors (Lipinski definition) is 0. The molecule has 1 aromatic carbocycles. The number of carbonyl (C=O) groups excluding carboxylic acids is 1. The van der Waals surface area contributed by atoms with Gasteiger partial charge in [-0.1, -0.05) is 19.1 Å². The highest BCUT2D eigenvalue weighted by Crippen LogP contribution is 2.12. The molecule has 0 bridgehead atoms. The Morgan fingerprint density at radius 3 is 2.76 bits per heavy atom. The van der Waals surface area contributed by atoms with Crippen molar-refractivity contribution in [3.05, 3.63) is 35.4 Å². The third-order valence-electron chi connectivity index (χ3n) is 2.29. The van der Waals surface area contributed by atoms with Crippen LogP contribution in [0.15, 0.2) is 18.2 Å². The van der Waals surface area contributed by atoms with Crippen molar-refractivity contribution in [3.8, 4) is 0 Å². The van der Waals surface area contributed by atoms with Crippen molar-refractivity contribution in [2.75, 3.05) is 13.2 Å². The minimum absolute atomic E-state index is 0.0842. The molecular weight excluding hydrogens is 226 g/mol. The first kappa shape index (κ1) is 13.8. The van der Waals surface area contributed by atoms with Gasteiger partial charge in [0.1, 0.15) is 5.78 Å². The molecular formula is C13H16F2O2. The number of benzene rings is 1. The third-order valence-corrected chi connectivity index (χ3v) is 2.29. The highest BCUT2D eigenvalue weighted by molar-refractivity contribution is 5.80. The van der Waals surface area contributed by atoms with E-state index in [0.29, 0.717) is 13.2 Å². The SMILES string of the molecule is CCCOCCC(=O)Cc1cccc(F)c1F. The minimum Gasteiger partial charge on any atom is -0.381 e. The fourth-order valence-corrected chi connectivity index (χ4v) is 1.42. The molecule has 0 atom stereocenters. The summed E-state index contributed by atoms with van der Waals surface area (Å²) in [5.74, 6) is -2.00. The summed E-state index contributed by atoms with van der Waals surface area (Å²) in [4.78, 5) is 11.5. The van der Waals surface area contributed by atoms with Crippen molar-refractivity contribution in [3.63, 3.8) is 0 Å². The Hall–Kier alpha value is -1.29. The molecule has 17 heavy (non-hydrogen) atoms. The Bertz CT molecular complexity index is 378. The second-order valence-corrected chi connectivity index (χ2v) is 3.79. The number of ketones is 1. The van der Waals surface area contributed by atoms with Gasteiger partial charge in [0.25, 0.3) is 0 Å². The standard InChI is InChI=1S/C13H16F2O2/c1-2-7-17-8-6-11(16)9-10-4-3-5-12(14)13(10)15/h3-5H,2,6-9H2,1H3. The number of carbonyl (C=O) groups is 1. The second-order valence-electron chi connectivity index (χ2n) is 3.79. The van der Waals surface area contributed by atoms with Gasteiger partial charge in [-0.25, -0.2) is 8.78 Å². The van der Waals surface area contributed by atoms with Gasteiger partial charge in [0.2, 0.25) is 0 Å². The van der Waals surface area contributed by atoms with Crippen LogP contribution >= 0.6 is 0 Å². The molecule has 1 aromatic rings. The monoisotopic (exact) mass is 242 g/mol. The Morgan fingerprint density at radius 1 is 1.29 bits per heavy atom. The molecule has 0 aromatic heterocycles. The fraction of sp³-hybridized carbons (Fsp3) is 0.462. The Balaban J connectivity index is 2.43. The first-order valence-electron chi connectivity index (χ1n) is 5.67. The number of halogens is 2. The van der Waals surface area contributed by atoms with E-state index in [2.05, 4.69) is 0 Å². The van der Waals surface area contributed by atoms with Crippen molar-refractivity contribution >= 4 is 5.78 Å². The highest BCUT2D eigenvalue weighted by Gasteiger charge is 2.11. The molecule has 0 heterocycles. The molecule has 0 aliphatic carbocycles. The second kappa shape index (κ2) is 7.12. The molecule has 94 valence electrons. The van der Waals surface area contributed by atoms with Crippen LogP contribution in [0.1, 0.15) is 25.3 Å². The number of ether oxygens (including phenoxy) is 1. The molecule has 2 nitrogen and oxygen atoms in total. The minimum atomic E-state index is -0.935. The summed E-state index contributed by atoms with van der Waals surface area (Å²) in [6, 6.07) is 3.85. The van der Waals surface area contributed by atoms with Crippen molar-refractivity contribution in [2.24, 2.45) is 0 Å². The molecule has 0 unspecified atom stereocenters. The average molecular weight is 242 g/mol. The summed E-state index contributed by atoms with van der Waals surface area (Å²) < 4.78 is 31.3. The van der Waals surface area contributed by atoms with Crippen LogP contribution in [0.25, 0.3) is 0 Å². The zero-order chi connectivity index (χ0) is 12.7. The van der Waals surface area contributed by atoms with Gasteiger partial charge in [-0.05, 0) is 18.1 Å². The summed E-state index contributed by atoms with van der Waals surface area (Å²) in [6.07, 6.45) is 1.04. The number of hydrogen-bond acceptors (Lipinski definition) is 2. The van der Waals surface area contributed by atoms with Crippen LogP contribution in [0.3, 0.4) is 0 Å². The quantitative estimate of drug-likeness (QED) is 0.687. The summed E-state index contributed by atoms with van der Waals surface area (Å²) >= 11 is 0. The van der Waals surface area contributed by atoms with Gasteiger partial charge in [-0.15, -0.1) is 0 Å². The Labute approximate surface area is 99.6 Å². The lowest BCUT2D eigenvalue weighted by molar-refractivity contribution is -0.119. The molecule has 0 aliphatic rings. The van der Waals surface area contributed by atoms with Crippen LogP contribution < -0.4 is 0 Å². The van der Waals surface area contributed by atoms with Crippen LogP contribution in [0, 0.1) is 11.6 Å². The van der Waals surface area contributed by atoms with Gasteiger partial charge in [0.15, 0.2) is 11.6 Å². The summed E-state index contributed by atoms with van der Waals surface area (Å²) in [5.41, 5.74) is 0.102. The molecule has 0 radical (unpaired) electrons. The summed E-state index contributed by atoms with van der Waals surface area (Å²) in [5, 5.41) is 0. The van der Waals surface area contributed by atoms with E-state index in [1.165, 1.54) is 12.1 Å². The zero-order valence-electron chi connectivity index (χ0n) is 9.84. The van der Waals surface area contributed by atoms with Crippen LogP contribution in [0.4, 0.5) is 8.78 Å². The van der Waals surface area contributed by atoms with E-state index in [4.69, 9.17) is 4.74 Å². The average Bonchev–Trinajstić information content (AvgIpc) is 2.31. The van der Waals surface area contributed by atoms with E-state index in [9.17, 15) is 13.6 Å². The van der Waals surface area contributed by atoms with Crippen molar-refractivity contribution in [2.45, 2.75) is 26.2 Å². The maximum Gasteiger partial charge on any atom is 0.162 e. The molecule has 4 heteroatoms. The Kier molecular flexibility index (Phi) is 5.77. The molecule has 0 amide bonds.